The van der Waals surface area contributed by atoms with Crippen molar-refractivity contribution < 1.29 is 9.53 Å². The molecular weight excluding hydrogens is 214 g/mol. The number of hydrogen-bond acceptors (Lipinski definition) is 3. The summed E-state index contributed by atoms with van der Waals surface area (Å²) in [5.74, 6) is -0.410. The van der Waals surface area contributed by atoms with Crippen molar-refractivity contribution in [2.24, 2.45) is 0 Å². The normalized spacial score (nSPS) is 11.5. The molecule has 0 radical (unpaired) electrons. The minimum atomic E-state index is -0.629. The first-order chi connectivity index (χ1) is 7.19. The highest BCUT2D eigenvalue weighted by Gasteiger charge is 2.13. The summed E-state index contributed by atoms with van der Waals surface area (Å²) in [4.78, 5) is 11.4. The third-order valence-electron chi connectivity index (χ3n) is 1.96. The van der Waals surface area contributed by atoms with Crippen molar-refractivity contribution in [1.82, 2.24) is 0 Å². The van der Waals surface area contributed by atoms with Gasteiger partial charge in [0.05, 0.1) is 18.7 Å². The molecule has 1 atom stereocenters. The molecule has 0 aromatic heterocycles. The van der Waals surface area contributed by atoms with Crippen LogP contribution in [0.5, 0.6) is 0 Å². The van der Waals surface area contributed by atoms with Crippen LogP contribution in [0.4, 0.5) is 0 Å². The predicted octanol–water partition coefficient (Wildman–Crippen LogP) is 2.15. The Hall–Kier alpha value is -1.53. The largest absolute Gasteiger partial charge is 0.465 e. The molecule has 1 rings (SSSR count). The van der Waals surface area contributed by atoms with Gasteiger partial charge in [0.15, 0.2) is 0 Å². The number of esters is 1. The molecule has 1 unspecified atom stereocenters. The molecule has 0 saturated heterocycles. The van der Waals surface area contributed by atoms with E-state index in [1.807, 2.05) is 6.07 Å². The zero-order valence-corrected chi connectivity index (χ0v) is 8.99. The Kier molecular flexibility index (Phi) is 4.14. The van der Waals surface area contributed by atoms with Crippen LogP contribution < -0.4 is 0 Å². The van der Waals surface area contributed by atoms with Gasteiger partial charge in [-0.05, 0) is 11.6 Å². The van der Waals surface area contributed by atoms with Gasteiger partial charge < -0.3 is 4.74 Å². The number of carbonyl (C=O) groups excluding carboxylic acids is 1. The fourth-order valence-corrected chi connectivity index (χ4v) is 1.41. The minimum Gasteiger partial charge on any atom is -0.465 e. The molecule has 1 aromatic rings. The summed E-state index contributed by atoms with van der Waals surface area (Å²) in [6.45, 7) is 0. The van der Waals surface area contributed by atoms with E-state index in [0.29, 0.717) is 12.0 Å². The first-order valence-electron chi connectivity index (χ1n) is 4.39. The average Bonchev–Trinajstić information content (AvgIpc) is 2.28. The Morgan fingerprint density at radius 2 is 2.27 bits per heavy atom. The maximum atomic E-state index is 11.4. The summed E-state index contributed by atoms with van der Waals surface area (Å²) in [7, 11) is 1.32. The fraction of sp³-hybridized carbons (Fsp3) is 0.273. The van der Waals surface area contributed by atoms with Crippen molar-refractivity contribution in [3.8, 4) is 6.07 Å². The van der Waals surface area contributed by atoms with E-state index < -0.39 is 11.3 Å². The molecule has 0 spiro atoms. The summed E-state index contributed by atoms with van der Waals surface area (Å²) in [5.41, 5.74) is 1.19. The second-order valence-corrected chi connectivity index (χ2v) is 3.48. The smallest absolute Gasteiger partial charge is 0.338 e. The fourth-order valence-electron chi connectivity index (χ4n) is 1.25. The molecule has 15 heavy (non-hydrogen) atoms. The van der Waals surface area contributed by atoms with Crippen molar-refractivity contribution >= 4 is 17.6 Å². The van der Waals surface area contributed by atoms with Crippen molar-refractivity contribution in [3.05, 3.63) is 35.4 Å². The van der Waals surface area contributed by atoms with Crippen LogP contribution >= 0.6 is 11.6 Å². The molecule has 0 fully saturated rings. The lowest BCUT2D eigenvalue weighted by molar-refractivity contribution is 0.0599. The molecule has 78 valence electrons. The molecule has 3 nitrogen and oxygen atoms in total. The molecule has 4 heteroatoms. The molecule has 0 bridgehead atoms. The van der Waals surface area contributed by atoms with Crippen molar-refractivity contribution in [3.63, 3.8) is 0 Å². The maximum Gasteiger partial charge on any atom is 0.338 e. The number of alkyl halides is 1. The van der Waals surface area contributed by atoms with Crippen LogP contribution in [0.3, 0.4) is 0 Å². The number of benzene rings is 1. The molecule has 0 aliphatic carbocycles. The molecule has 0 amide bonds. The van der Waals surface area contributed by atoms with Crippen LogP contribution in [-0.4, -0.2) is 18.5 Å². The highest BCUT2D eigenvalue weighted by molar-refractivity contribution is 6.22. The van der Waals surface area contributed by atoms with Crippen molar-refractivity contribution in [1.29, 1.82) is 5.26 Å². The van der Waals surface area contributed by atoms with Gasteiger partial charge in [-0.25, -0.2) is 4.79 Å². The Bertz CT molecular complexity index is 398. The van der Waals surface area contributed by atoms with E-state index in [2.05, 4.69) is 4.74 Å². The number of hydrogen-bond donors (Lipinski definition) is 0. The van der Waals surface area contributed by atoms with Gasteiger partial charge >= 0.3 is 5.97 Å². The lowest BCUT2D eigenvalue weighted by Gasteiger charge is -2.07. The lowest BCUT2D eigenvalue weighted by atomic mass is 10.0. The van der Waals surface area contributed by atoms with E-state index in [4.69, 9.17) is 16.9 Å². The molecule has 0 heterocycles. The molecule has 0 saturated carbocycles. The van der Waals surface area contributed by atoms with E-state index in [-0.39, 0.29) is 0 Å². The SMILES string of the molecule is COC(=O)c1ccccc1CC(Cl)C#N. The zero-order valence-electron chi connectivity index (χ0n) is 8.24. The predicted molar refractivity (Wildman–Crippen MR) is 56.7 cm³/mol. The standard InChI is InChI=1S/C11H10ClNO2/c1-15-11(14)10-5-3-2-4-8(10)6-9(12)7-13/h2-5,9H,6H2,1H3. The number of nitriles is 1. The van der Waals surface area contributed by atoms with Crippen LogP contribution in [0.2, 0.25) is 0 Å². The van der Waals surface area contributed by atoms with E-state index in [1.54, 1.807) is 24.3 Å². The molecule has 0 N–H and O–H groups in total. The monoisotopic (exact) mass is 223 g/mol. The van der Waals surface area contributed by atoms with E-state index in [1.165, 1.54) is 7.11 Å². The van der Waals surface area contributed by atoms with Gasteiger partial charge in [0.1, 0.15) is 5.38 Å². The summed E-state index contributed by atoms with van der Waals surface area (Å²) >= 11 is 5.71. The summed E-state index contributed by atoms with van der Waals surface area (Å²) in [6.07, 6.45) is 0.337. The second kappa shape index (κ2) is 5.38. The van der Waals surface area contributed by atoms with Crippen LogP contribution in [0.25, 0.3) is 0 Å². The Balaban J connectivity index is 2.97. The zero-order chi connectivity index (χ0) is 11.3. The van der Waals surface area contributed by atoms with Crippen molar-refractivity contribution in [2.45, 2.75) is 11.8 Å². The summed E-state index contributed by atoms with van der Waals surface area (Å²) in [5, 5.41) is 7.96. The number of carbonyl (C=O) groups is 1. The first-order valence-corrected chi connectivity index (χ1v) is 4.82. The highest BCUT2D eigenvalue weighted by Crippen LogP contribution is 2.14. The number of methoxy groups -OCH3 is 1. The van der Waals surface area contributed by atoms with Gasteiger partial charge in [0.25, 0.3) is 0 Å². The Morgan fingerprint density at radius 1 is 1.60 bits per heavy atom. The van der Waals surface area contributed by atoms with Gasteiger partial charge in [-0.1, -0.05) is 18.2 Å². The third-order valence-corrected chi connectivity index (χ3v) is 2.21. The Labute approximate surface area is 93.2 Å². The Morgan fingerprint density at radius 3 is 2.87 bits per heavy atom. The number of halogens is 1. The highest BCUT2D eigenvalue weighted by atomic mass is 35.5. The molecule has 1 aromatic carbocycles. The average molecular weight is 224 g/mol. The number of nitrogens with zero attached hydrogens (tertiary/aromatic N) is 1. The van der Waals surface area contributed by atoms with Crippen LogP contribution in [0.1, 0.15) is 15.9 Å². The molecule has 0 aliphatic heterocycles. The van der Waals surface area contributed by atoms with E-state index in [0.717, 1.165) is 5.56 Å². The van der Waals surface area contributed by atoms with Crippen LogP contribution in [-0.2, 0) is 11.2 Å². The molecular formula is C11H10ClNO2. The lowest BCUT2D eigenvalue weighted by Crippen LogP contribution is -2.09. The quantitative estimate of drug-likeness (QED) is 0.583. The van der Waals surface area contributed by atoms with Gasteiger partial charge in [-0.15, -0.1) is 11.6 Å². The number of rotatable bonds is 3. The van der Waals surface area contributed by atoms with Gasteiger partial charge in [0, 0.05) is 6.42 Å². The second-order valence-electron chi connectivity index (χ2n) is 2.95. The molecule has 0 aliphatic rings. The van der Waals surface area contributed by atoms with Gasteiger partial charge in [-0.3, -0.25) is 0 Å². The van der Waals surface area contributed by atoms with Crippen LogP contribution in [0.15, 0.2) is 24.3 Å². The first kappa shape index (κ1) is 11.5. The topological polar surface area (TPSA) is 50.1 Å². The van der Waals surface area contributed by atoms with Gasteiger partial charge in [0.2, 0.25) is 0 Å². The summed E-state index contributed by atoms with van der Waals surface area (Å²) in [6, 6.07) is 8.86. The van der Waals surface area contributed by atoms with Gasteiger partial charge in [-0.2, -0.15) is 5.26 Å². The van der Waals surface area contributed by atoms with Crippen LogP contribution in [0, 0.1) is 11.3 Å². The summed E-state index contributed by atoms with van der Waals surface area (Å²) < 4.78 is 4.63. The van der Waals surface area contributed by atoms with E-state index >= 15 is 0 Å². The third kappa shape index (κ3) is 2.97. The van der Waals surface area contributed by atoms with E-state index in [9.17, 15) is 4.79 Å². The number of ether oxygens (including phenoxy) is 1. The maximum absolute atomic E-state index is 11.4. The van der Waals surface area contributed by atoms with Crippen molar-refractivity contribution in [2.75, 3.05) is 7.11 Å². The minimum absolute atomic E-state index is 0.337.